The van der Waals surface area contributed by atoms with Crippen molar-refractivity contribution in [3.05, 3.63) is 59.8 Å². The van der Waals surface area contributed by atoms with Gasteiger partial charge in [0.1, 0.15) is 5.82 Å². The number of rotatable bonds is 6. The van der Waals surface area contributed by atoms with Crippen molar-refractivity contribution >= 4 is 35.8 Å². The number of ether oxygens (including phenoxy) is 1. The molecule has 30 heavy (non-hydrogen) atoms. The van der Waals surface area contributed by atoms with Gasteiger partial charge in [0, 0.05) is 44.8 Å². The maximum atomic E-state index is 5.61. The van der Waals surface area contributed by atoms with Gasteiger partial charge in [-0.1, -0.05) is 50.2 Å². The number of anilines is 1. The summed E-state index contributed by atoms with van der Waals surface area (Å²) in [5, 5.41) is 6.82. The van der Waals surface area contributed by atoms with Crippen molar-refractivity contribution in [2.45, 2.75) is 38.8 Å². The van der Waals surface area contributed by atoms with Gasteiger partial charge >= 0.3 is 0 Å². The van der Waals surface area contributed by atoms with Gasteiger partial charge in [-0.3, -0.25) is 4.99 Å². The normalized spacial score (nSPS) is 17.3. The predicted molar refractivity (Wildman–Crippen MR) is 135 cm³/mol. The number of benzene rings is 1. The molecule has 1 aromatic heterocycles. The van der Waals surface area contributed by atoms with Gasteiger partial charge in [-0.15, -0.1) is 24.0 Å². The minimum atomic E-state index is 0. The average molecular weight is 523 g/mol. The number of guanidine groups is 1. The first-order valence-electron chi connectivity index (χ1n) is 10.3. The fourth-order valence-corrected chi connectivity index (χ4v) is 3.44. The number of halogens is 1. The third kappa shape index (κ3) is 6.84. The maximum Gasteiger partial charge on any atom is 0.191 e. The van der Waals surface area contributed by atoms with Gasteiger partial charge in [-0.25, -0.2) is 4.98 Å². The predicted octanol–water partition coefficient (Wildman–Crippen LogP) is 3.57. The van der Waals surface area contributed by atoms with Crippen LogP contribution in [-0.4, -0.2) is 50.3 Å². The zero-order valence-electron chi connectivity index (χ0n) is 18.4. The summed E-state index contributed by atoms with van der Waals surface area (Å²) in [7, 11) is 1.80. The minimum Gasteiger partial charge on any atom is -0.375 e. The Labute approximate surface area is 197 Å². The standard InChI is InChI=1S/C23H33N5O.HI/c1-18-16-28(12-13-29-18)21-11-10-19(14-25-21)15-26-22(24-4)27-17-23(2,3)20-8-6-5-7-9-20;/h5-11,14,18H,12-13,15-17H2,1-4H3,(H2,24,26,27);1H. The molecular weight excluding hydrogens is 489 g/mol. The van der Waals surface area contributed by atoms with E-state index in [1.807, 2.05) is 12.3 Å². The van der Waals surface area contributed by atoms with Crippen LogP contribution in [0.25, 0.3) is 0 Å². The molecule has 2 N–H and O–H groups in total. The quantitative estimate of drug-likeness (QED) is 0.345. The molecule has 0 amide bonds. The second kappa shape index (κ2) is 11.5. The van der Waals surface area contributed by atoms with Gasteiger partial charge in [0.15, 0.2) is 5.96 Å². The van der Waals surface area contributed by atoms with Gasteiger partial charge in [-0.2, -0.15) is 0 Å². The number of morpholine rings is 1. The number of nitrogens with zero attached hydrogens (tertiary/aromatic N) is 3. The van der Waals surface area contributed by atoms with Crippen LogP contribution in [0.3, 0.4) is 0 Å². The minimum absolute atomic E-state index is 0. The summed E-state index contributed by atoms with van der Waals surface area (Å²) in [5.41, 5.74) is 2.44. The van der Waals surface area contributed by atoms with E-state index in [-0.39, 0.29) is 35.5 Å². The highest BCUT2D eigenvalue weighted by atomic mass is 127. The Hall–Kier alpha value is -1.87. The highest BCUT2D eigenvalue weighted by Gasteiger charge is 2.20. The third-order valence-electron chi connectivity index (χ3n) is 5.31. The van der Waals surface area contributed by atoms with E-state index in [0.717, 1.165) is 43.6 Å². The molecular formula is C23H34IN5O. The highest BCUT2D eigenvalue weighted by molar-refractivity contribution is 14.0. The summed E-state index contributed by atoms with van der Waals surface area (Å²) in [5.74, 6) is 1.80. The molecule has 0 bridgehead atoms. The summed E-state index contributed by atoms with van der Waals surface area (Å²) in [6.45, 7) is 10.6. The number of aromatic nitrogens is 1. The van der Waals surface area contributed by atoms with Crippen LogP contribution in [0.4, 0.5) is 5.82 Å². The Morgan fingerprint density at radius 3 is 2.60 bits per heavy atom. The molecule has 6 nitrogen and oxygen atoms in total. The number of nitrogens with one attached hydrogen (secondary N) is 2. The molecule has 0 radical (unpaired) electrons. The molecule has 2 aromatic rings. The number of hydrogen-bond acceptors (Lipinski definition) is 4. The van der Waals surface area contributed by atoms with Gasteiger partial charge in [0.25, 0.3) is 0 Å². The van der Waals surface area contributed by atoms with Crippen LogP contribution in [0.5, 0.6) is 0 Å². The molecule has 164 valence electrons. The Morgan fingerprint density at radius 1 is 1.20 bits per heavy atom. The van der Waals surface area contributed by atoms with Crippen LogP contribution in [0.1, 0.15) is 31.9 Å². The van der Waals surface area contributed by atoms with E-state index >= 15 is 0 Å². The molecule has 2 heterocycles. The van der Waals surface area contributed by atoms with Crippen molar-refractivity contribution in [3.8, 4) is 0 Å². The van der Waals surface area contributed by atoms with E-state index in [4.69, 9.17) is 4.74 Å². The zero-order valence-corrected chi connectivity index (χ0v) is 20.7. The van der Waals surface area contributed by atoms with E-state index in [0.29, 0.717) is 6.54 Å². The van der Waals surface area contributed by atoms with Crippen LogP contribution in [-0.2, 0) is 16.7 Å². The largest absolute Gasteiger partial charge is 0.375 e. The fraction of sp³-hybridized carbons (Fsp3) is 0.478. The van der Waals surface area contributed by atoms with E-state index in [1.54, 1.807) is 7.05 Å². The Bertz CT molecular complexity index is 795. The second-order valence-electron chi connectivity index (χ2n) is 8.18. The lowest BCUT2D eigenvalue weighted by Gasteiger charge is -2.32. The van der Waals surface area contributed by atoms with Crippen molar-refractivity contribution in [3.63, 3.8) is 0 Å². The van der Waals surface area contributed by atoms with Gasteiger partial charge in [0.05, 0.1) is 12.7 Å². The number of aliphatic imine (C=N–C) groups is 1. The Morgan fingerprint density at radius 2 is 1.97 bits per heavy atom. The lowest BCUT2D eigenvalue weighted by Crippen LogP contribution is -2.43. The molecule has 0 saturated carbocycles. The van der Waals surface area contributed by atoms with Crippen LogP contribution in [0, 0.1) is 0 Å². The molecule has 1 aromatic carbocycles. The molecule has 0 aliphatic carbocycles. The van der Waals surface area contributed by atoms with E-state index in [2.05, 4.69) is 82.7 Å². The van der Waals surface area contributed by atoms with Crippen LogP contribution >= 0.6 is 24.0 Å². The number of pyridine rings is 1. The molecule has 1 unspecified atom stereocenters. The van der Waals surface area contributed by atoms with Crippen LogP contribution < -0.4 is 15.5 Å². The van der Waals surface area contributed by atoms with Crippen molar-refractivity contribution in [2.75, 3.05) is 38.2 Å². The maximum absolute atomic E-state index is 5.61. The molecule has 0 spiro atoms. The lowest BCUT2D eigenvalue weighted by atomic mass is 9.85. The van der Waals surface area contributed by atoms with E-state index in [9.17, 15) is 0 Å². The fourth-order valence-electron chi connectivity index (χ4n) is 3.44. The highest BCUT2D eigenvalue weighted by Crippen LogP contribution is 2.21. The second-order valence-corrected chi connectivity index (χ2v) is 8.18. The van der Waals surface area contributed by atoms with Crippen molar-refractivity contribution in [1.29, 1.82) is 0 Å². The summed E-state index contributed by atoms with van der Waals surface area (Å²) in [6, 6.07) is 14.8. The average Bonchev–Trinajstić information content (AvgIpc) is 2.75. The Balaban J connectivity index is 0.00000320. The van der Waals surface area contributed by atoms with Crippen LogP contribution in [0.2, 0.25) is 0 Å². The lowest BCUT2D eigenvalue weighted by molar-refractivity contribution is 0.0529. The summed E-state index contributed by atoms with van der Waals surface area (Å²) in [6.07, 6.45) is 2.19. The smallest absolute Gasteiger partial charge is 0.191 e. The third-order valence-corrected chi connectivity index (χ3v) is 5.31. The molecule has 1 saturated heterocycles. The summed E-state index contributed by atoms with van der Waals surface area (Å²) in [4.78, 5) is 11.3. The SMILES string of the molecule is CN=C(NCc1ccc(N2CCOC(C)C2)nc1)NCC(C)(C)c1ccccc1.I. The molecule has 1 fully saturated rings. The number of hydrogen-bond donors (Lipinski definition) is 2. The summed E-state index contributed by atoms with van der Waals surface area (Å²) >= 11 is 0. The molecule has 1 atom stereocenters. The monoisotopic (exact) mass is 523 g/mol. The summed E-state index contributed by atoms with van der Waals surface area (Å²) < 4.78 is 5.61. The molecule has 1 aliphatic heterocycles. The first kappa shape index (κ1) is 24.4. The van der Waals surface area contributed by atoms with Gasteiger partial charge < -0.3 is 20.3 Å². The van der Waals surface area contributed by atoms with Crippen LogP contribution in [0.15, 0.2) is 53.7 Å². The first-order valence-corrected chi connectivity index (χ1v) is 10.3. The van der Waals surface area contributed by atoms with Crippen molar-refractivity contribution < 1.29 is 4.74 Å². The van der Waals surface area contributed by atoms with Gasteiger partial charge in [0.2, 0.25) is 0 Å². The van der Waals surface area contributed by atoms with Crippen molar-refractivity contribution in [1.82, 2.24) is 15.6 Å². The van der Waals surface area contributed by atoms with E-state index < -0.39 is 0 Å². The molecule has 3 rings (SSSR count). The zero-order chi connectivity index (χ0) is 20.7. The topological polar surface area (TPSA) is 61.8 Å². The van der Waals surface area contributed by atoms with Crippen molar-refractivity contribution in [2.24, 2.45) is 4.99 Å². The van der Waals surface area contributed by atoms with Gasteiger partial charge in [-0.05, 0) is 24.1 Å². The first-order chi connectivity index (χ1) is 14.0. The van der Waals surface area contributed by atoms with E-state index in [1.165, 1.54) is 5.56 Å². The molecule has 1 aliphatic rings. The molecule has 7 heteroatoms. The Kier molecular flexibility index (Phi) is 9.36.